The van der Waals surface area contributed by atoms with Gasteiger partial charge >= 0.3 is 0 Å². The molecule has 1 N–H and O–H groups in total. The molecule has 2 rings (SSSR count). The number of piperazine rings is 1. The van der Waals surface area contributed by atoms with Crippen molar-refractivity contribution in [2.45, 2.75) is 38.5 Å². The Morgan fingerprint density at radius 3 is 2.40 bits per heavy atom. The first kappa shape index (κ1) is 20.5. The Hall–Kier alpha value is -0.860. The zero-order chi connectivity index (χ0) is 18.7. The highest BCUT2D eigenvalue weighted by molar-refractivity contribution is 7.92. The maximum absolute atomic E-state index is 12.2. The predicted octanol–water partition coefficient (Wildman–Crippen LogP) is 0.0968. The Kier molecular flexibility index (Phi) is 6.73. The highest BCUT2D eigenvalue weighted by Gasteiger charge is 2.41. The highest BCUT2D eigenvalue weighted by atomic mass is 32.2. The molecule has 0 aliphatic carbocycles. The number of likely N-dealkylation sites (N-methyl/N-ethyl adjacent to an activating group) is 1. The van der Waals surface area contributed by atoms with E-state index in [0.717, 1.165) is 45.2 Å². The Labute approximate surface area is 153 Å². The molecule has 0 aromatic carbocycles. The van der Waals surface area contributed by atoms with E-state index in [1.165, 1.54) is 0 Å². The molecular weight excluding hydrogens is 338 g/mol. The molecule has 0 saturated carbocycles. The summed E-state index contributed by atoms with van der Waals surface area (Å²) in [4.78, 5) is 11.8. The Morgan fingerprint density at radius 2 is 1.84 bits per heavy atom. The van der Waals surface area contributed by atoms with Crippen molar-refractivity contribution in [3.63, 3.8) is 0 Å². The van der Waals surface area contributed by atoms with E-state index >= 15 is 0 Å². The molecule has 0 aromatic rings. The Balaban J connectivity index is 2.01. The van der Waals surface area contributed by atoms with Crippen molar-refractivity contribution in [1.29, 1.82) is 0 Å². The fourth-order valence-electron chi connectivity index (χ4n) is 3.35. The van der Waals surface area contributed by atoms with Crippen LogP contribution in [0.25, 0.3) is 0 Å². The van der Waals surface area contributed by atoms with Crippen LogP contribution in [0.5, 0.6) is 0 Å². The quantitative estimate of drug-likeness (QED) is 0.557. The molecular formula is C17H35N5O2S. The summed E-state index contributed by atoms with van der Waals surface area (Å²) in [5, 5.41) is 3.34. The van der Waals surface area contributed by atoms with Crippen LogP contribution in [0.1, 0.15) is 27.7 Å². The SMILES string of the molecule is CCNC(=NCC(C)N1CCN(C)CC1)N1CCS(=O)(=O)C(C)(C)C1. The molecule has 2 heterocycles. The van der Waals surface area contributed by atoms with E-state index in [-0.39, 0.29) is 5.75 Å². The fraction of sp³-hybridized carbons (Fsp3) is 0.941. The molecule has 25 heavy (non-hydrogen) atoms. The van der Waals surface area contributed by atoms with Gasteiger partial charge in [0.15, 0.2) is 15.8 Å². The number of guanidine groups is 1. The third-order valence-corrected chi connectivity index (χ3v) is 7.88. The van der Waals surface area contributed by atoms with Crippen molar-refractivity contribution in [3.05, 3.63) is 0 Å². The summed E-state index contributed by atoms with van der Waals surface area (Å²) in [5.74, 6) is 1.03. The molecule has 2 fully saturated rings. The van der Waals surface area contributed by atoms with Gasteiger partial charge in [-0.05, 0) is 34.7 Å². The van der Waals surface area contributed by atoms with E-state index in [4.69, 9.17) is 4.99 Å². The second-order valence-electron chi connectivity index (χ2n) is 7.88. The average molecular weight is 374 g/mol. The number of sulfone groups is 1. The smallest absolute Gasteiger partial charge is 0.194 e. The van der Waals surface area contributed by atoms with Crippen molar-refractivity contribution in [3.8, 4) is 0 Å². The molecule has 0 spiro atoms. The summed E-state index contributed by atoms with van der Waals surface area (Å²) in [7, 11) is -0.871. The normalized spacial score (nSPS) is 26.4. The van der Waals surface area contributed by atoms with Gasteiger partial charge in [-0.2, -0.15) is 0 Å². The van der Waals surface area contributed by atoms with Crippen molar-refractivity contribution in [2.75, 3.05) is 65.2 Å². The largest absolute Gasteiger partial charge is 0.357 e. The molecule has 1 atom stereocenters. The first-order valence-corrected chi connectivity index (χ1v) is 11.0. The van der Waals surface area contributed by atoms with Gasteiger partial charge in [-0.1, -0.05) is 0 Å². The number of hydrogen-bond acceptors (Lipinski definition) is 5. The van der Waals surface area contributed by atoms with Crippen LogP contribution >= 0.6 is 0 Å². The molecule has 0 amide bonds. The van der Waals surface area contributed by atoms with Crippen LogP contribution in [-0.4, -0.2) is 105 Å². The van der Waals surface area contributed by atoms with Gasteiger partial charge in [0.25, 0.3) is 0 Å². The van der Waals surface area contributed by atoms with E-state index in [1.807, 2.05) is 20.8 Å². The lowest BCUT2D eigenvalue weighted by molar-refractivity contribution is 0.122. The monoisotopic (exact) mass is 373 g/mol. The van der Waals surface area contributed by atoms with Gasteiger partial charge in [0.2, 0.25) is 0 Å². The lowest BCUT2D eigenvalue weighted by atomic mass is 10.2. The van der Waals surface area contributed by atoms with Crippen LogP contribution < -0.4 is 5.32 Å². The number of rotatable bonds is 4. The fourth-order valence-corrected chi connectivity index (χ4v) is 4.71. The first-order chi connectivity index (χ1) is 11.7. The molecule has 8 heteroatoms. The summed E-state index contributed by atoms with van der Waals surface area (Å²) in [5.41, 5.74) is 0. The van der Waals surface area contributed by atoms with Crippen LogP contribution in [0, 0.1) is 0 Å². The van der Waals surface area contributed by atoms with Crippen molar-refractivity contribution < 1.29 is 8.42 Å². The van der Waals surface area contributed by atoms with Crippen LogP contribution in [-0.2, 0) is 9.84 Å². The number of aliphatic imine (C=N–C) groups is 1. The topological polar surface area (TPSA) is 68.2 Å². The third-order valence-electron chi connectivity index (χ3n) is 5.34. The zero-order valence-corrected chi connectivity index (χ0v) is 17.3. The average Bonchev–Trinajstić information content (AvgIpc) is 2.54. The van der Waals surface area contributed by atoms with Gasteiger partial charge in [-0.15, -0.1) is 0 Å². The van der Waals surface area contributed by atoms with Crippen LogP contribution in [0.2, 0.25) is 0 Å². The minimum absolute atomic E-state index is 0.193. The van der Waals surface area contributed by atoms with E-state index in [0.29, 0.717) is 19.1 Å². The minimum Gasteiger partial charge on any atom is -0.357 e. The van der Waals surface area contributed by atoms with E-state index in [9.17, 15) is 8.42 Å². The molecule has 0 aromatic heterocycles. The first-order valence-electron chi connectivity index (χ1n) is 9.34. The van der Waals surface area contributed by atoms with E-state index < -0.39 is 14.6 Å². The van der Waals surface area contributed by atoms with Crippen LogP contribution in [0.3, 0.4) is 0 Å². The highest BCUT2D eigenvalue weighted by Crippen LogP contribution is 2.23. The van der Waals surface area contributed by atoms with Gasteiger partial charge in [0.1, 0.15) is 0 Å². The molecule has 0 bridgehead atoms. The van der Waals surface area contributed by atoms with Crippen molar-refractivity contribution in [2.24, 2.45) is 4.99 Å². The molecule has 2 aliphatic heterocycles. The summed E-state index contributed by atoms with van der Waals surface area (Å²) in [6.07, 6.45) is 0. The van der Waals surface area contributed by atoms with Gasteiger partial charge in [0.05, 0.1) is 17.0 Å². The minimum atomic E-state index is -3.03. The van der Waals surface area contributed by atoms with Crippen molar-refractivity contribution >= 4 is 15.8 Å². The van der Waals surface area contributed by atoms with Gasteiger partial charge in [-0.25, -0.2) is 8.42 Å². The number of hydrogen-bond donors (Lipinski definition) is 1. The third kappa shape index (κ3) is 5.08. The number of nitrogens with zero attached hydrogens (tertiary/aromatic N) is 4. The lowest BCUT2D eigenvalue weighted by Crippen LogP contribution is -2.57. The second kappa shape index (κ2) is 8.22. The van der Waals surface area contributed by atoms with Crippen LogP contribution in [0.15, 0.2) is 4.99 Å². The number of nitrogens with one attached hydrogen (secondary N) is 1. The summed E-state index contributed by atoms with van der Waals surface area (Å²) < 4.78 is 23.7. The predicted molar refractivity (Wildman–Crippen MR) is 104 cm³/mol. The second-order valence-corrected chi connectivity index (χ2v) is 10.6. The van der Waals surface area contributed by atoms with Gasteiger partial charge in [-0.3, -0.25) is 9.89 Å². The Morgan fingerprint density at radius 1 is 1.20 bits per heavy atom. The zero-order valence-electron chi connectivity index (χ0n) is 16.5. The summed E-state index contributed by atoms with van der Waals surface area (Å²) >= 11 is 0. The van der Waals surface area contributed by atoms with E-state index in [2.05, 4.69) is 34.0 Å². The maximum Gasteiger partial charge on any atom is 0.194 e. The summed E-state index contributed by atoms with van der Waals surface area (Å²) in [6, 6.07) is 0.392. The molecule has 1 unspecified atom stereocenters. The van der Waals surface area contributed by atoms with E-state index in [1.54, 1.807) is 0 Å². The molecule has 0 radical (unpaired) electrons. The van der Waals surface area contributed by atoms with Gasteiger partial charge in [0, 0.05) is 51.9 Å². The van der Waals surface area contributed by atoms with Crippen molar-refractivity contribution in [1.82, 2.24) is 20.0 Å². The standard InChI is InChI=1S/C17H35N5O2S/c1-6-18-16(22-11-12-25(23,24)17(3,4)14-22)19-13-15(2)21-9-7-20(5)8-10-21/h15H,6-14H2,1-5H3,(H,18,19). The molecule has 2 saturated heterocycles. The van der Waals surface area contributed by atoms with Crippen LogP contribution in [0.4, 0.5) is 0 Å². The molecule has 7 nitrogen and oxygen atoms in total. The summed E-state index contributed by atoms with van der Waals surface area (Å²) in [6.45, 7) is 14.8. The molecule has 146 valence electrons. The van der Waals surface area contributed by atoms with Gasteiger partial charge < -0.3 is 15.1 Å². The lowest BCUT2D eigenvalue weighted by Gasteiger charge is -2.39. The Bertz CT molecular complexity index is 568. The maximum atomic E-state index is 12.2. The molecule has 2 aliphatic rings.